The van der Waals surface area contributed by atoms with Crippen molar-refractivity contribution < 1.29 is 4.79 Å². The zero-order chi connectivity index (χ0) is 15.9. The van der Waals surface area contributed by atoms with Gasteiger partial charge in [0.05, 0.1) is 5.69 Å². The number of halogens is 1. The van der Waals surface area contributed by atoms with Gasteiger partial charge in [-0.15, -0.1) is 0 Å². The van der Waals surface area contributed by atoms with Crippen LogP contribution in [0.3, 0.4) is 0 Å². The van der Waals surface area contributed by atoms with Crippen LogP contribution in [0.25, 0.3) is 0 Å². The van der Waals surface area contributed by atoms with Crippen molar-refractivity contribution in [2.75, 3.05) is 5.32 Å². The third kappa shape index (κ3) is 2.54. The first-order chi connectivity index (χ1) is 10.5. The molecule has 1 aliphatic rings. The van der Waals surface area contributed by atoms with Crippen LogP contribution in [-0.4, -0.2) is 20.3 Å². The van der Waals surface area contributed by atoms with Gasteiger partial charge in [0.25, 0.3) is 11.5 Å². The van der Waals surface area contributed by atoms with Gasteiger partial charge in [-0.25, -0.2) is 0 Å². The van der Waals surface area contributed by atoms with E-state index in [1.54, 1.807) is 17.9 Å². The first-order valence-corrected chi connectivity index (χ1v) is 7.57. The van der Waals surface area contributed by atoms with Crippen LogP contribution in [0.2, 0.25) is 5.02 Å². The van der Waals surface area contributed by atoms with Crippen molar-refractivity contribution in [2.45, 2.75) is 25.7 Å². The van der Waals surface area contributed by atoms with E-state index in [4.69, 9.17) is 11.6 Å². The molecule has 22 heavy (non-hydrogen) atoms. The number of carbonyl (C=O) groups excluding carboxylic acids is 1. The number of hydrogen-bond donors (Lipinski definition) is 1. The van der Waals surface area contributed by atoms with Crippen molar-refractivity contribution in [3.05, 3.63) is 44.6 Å². The molecule has 0 bridgehead atoms. The van der Waals surface area contributed by atoms with Gasteiger partial charge in [-0.3, -0.25) is 14.3 Å². The Labute approximate surface area is 132 Å². The number of hydrogen-bond acceptors (Lipinski definition) is 3. The second kappa shape index (κ2) is 5.61. The zero-order valence-corrected chi connectivity index (χ0v) is 13.3. The van der Waals surface area contributed by atoms with Crippen LogP contribution in [0.5, 0.6) is 0 Å². The van der Waals surface area contributed by atoms with Crippen LogP contribution < -0.4 is 10.9 Å². The van der Waals surface area contributed by atoms with Gasteiger partial charge < -0.3 is 9.88 Å². The maximum Gasteiger partial charge on any atom is 0.276 e. The number of carbonyl (C=O) groups is 1. The van der Waals surface area contributed by atoms with Crippen LogP contribution in [0.15, 0.2) is 17.1 Å². The summed E-state index contributed by atoms with van der Waals surface area (Å²) >= 11 is 5.86. The smallest absolute Gasteiger partial charge is 0.276 e. The third-order valence-electron chi connectivity index (χ3n) is 3.98. The summed E-state index contributed by atoms with van der Waals surface area (Å²) in [7, 11) is 3.45. The number of anilines is 1. The molecule has 2 aromatic rings. The molecule has 0 unspecified atom stereocenters. The molecular weight excluding hydrogens is 304 g/mol. The molecule has 1 amide bonds. The molecule has 0 aromatic carbocycles. The predicted octanol–water partition coefficient (Wildman–Crippen LogP) is 1.90. The fourth-order valence-corrected chi connectivity index (χ4v) is 3.14. The lowest BCUT2D eigenvalue weighted by Crippen LogP contribution is -2.20. The predicted molar refractivity (Wildman–Crippen MR) is 84.5 cm³/mol. The Balaban J connectivity index is 1.91. The Kier molecular flexibility index (Phi) is 3.78. The lowest BCUT2D eigenvalue weighted by atomic mass is 9.95. The maximum atomic E-state index is 12.5. The second-order valence-electron chi connectivity index (χ2n) is 5.55. The highest BCUT2D eigenvalue weighted by Gasteiger charge is 2.23. The van der Waals surface area contributed by atoms with Gasteiger partial charge in [0, 0.05) is 31.5 Å². The molecule has 116 valence electrons. The average molecular weight is 321 g/mol. The van der Waals surface area contributed by atoms with Gasteiger partial charge in [-0.05, 0) is 31.7 Å². The lowest BCUT2D eigenvalue weighted by Gasteiger charge is -2.12. The van der Waals surface area contributed by atoms with E-state index >= 15 is 0 Å². The number of amides is 1. The summed E-state index contributed by atoms with van der Waals surface area (Å²) in [6.45, 7) is 0. The average Bonchev–Trinajstić information content (AvgIpc) is 2.82. The van der Waals surface area contributed by atoms with Gasteiger partial charge in [-0.2, -0.15) is 5.10 Å². The largest absolute Gasteiger partial charge is 0.319 e. The molecule has 0 saturated heterocycles. The van der Waals surface area contributed by atoms with E-state index in [1.165, 1.54) is 10.6 Å². The highest BCUT2D eigenvalue weighted by molar-refractivity contribution is 6.30. The van der Waals surface area contributed by atoms with Gasteiger partial charge in [0.2, 0.25) is 0 Å². The fraction of sp³-hybridized carbons (Fsp3) is 0.400. The number of nitrogens with one attached hydrogen (secondary N) is 1. The summed E-state index contributed by atoms with van der Waals surface area (Å²) in [5, 5.41) is 7.20. The van der Waals surface area contributed by atoms with Crippen molar-refractivity contribution in [3.8, 4) is 0 Å². The highest BCUT2D eigenvalue weighted by Crippen LogP contribution is 2.24. The van der Waals surface area contributed by atoms with Crippen molar-refractivity contribution in [2.24, 2.45) is 14.1 Å². The topological polar surface area (TPSA) is 68.9 Å². The summed E-state index contributed by atoms with van der Waals surface area (Å²) < 4.78 is 3.13. The Morgan fingerprint density at radius 2 is 2.05 bits per heavy atom. The summed E-state index contributed by atoms with van der Waals surface area (Å²) in [6.07, 6.45) is 5.58. The van der Waals surface area contributed by atoms with Crippen molar-refractivity contribution in [3.63, 3.8) is 0 Å². The first kappa shape index (κ1) is 14.8. The standard InChI is InChI=1S/C15H17ClN4O2/c1-19-8-9(7-11(16)15(19)22)17-14(21)13-10-5-3-4-6-12(10)20(2)18-13/h7-8H,3-6H2,1-2H3,(H,17,21). The molecule has 0 fully saturated rings. The molecule has 0 saturated carbocycles. The summed E-state index contributed by atoms with van der Waals surface area (Å²) in [5.41, 5.74) is 2.81. The van der Waals surface area contributed by atoms with Crippen LogP contribution in [0, 0.1) is 0 Å². The van der Waals surface area contributed by atoms with E-state index in [-0.39, 0.29) is 16.5 Å². The number of fused-ring (bicyclic) bond motifs is 1. The minimum Gasteiger partial charge on any atom is -0.319 e. The second-order valence-corrected chi connectivity index (χ2v) is 5.96. The molecule has 0 aliphatic heterocycles. The molecule has 1 N–H and O–H groups in total. The molecule has 0 radical (unpaired) electrons. The zero-order valence-electron chi connectivity index (χ0n) is 12.5. The number of nitrogens with zero attached hydrogens (tertiary/aromatic N) is 3. The highest BCUT2D eigenvalue weighted by atomic mass is 35.5. The maximum absolute atomic E-state index is 12.5. The van der Waals surface area contributed by atoms with Crippen LogP contribution in [0.4, 0.5) is 5.69 Å². The molecule has 2 aromatic heterocycles. The van der Waals surface area contributed by atoms with Crippen LogP contribution in [0.1, 0.15) is 34.6 Å². The van der Waals surface area contributed by atoms with E-state index in [9.17, 15) is 9.59 Å². The number of aromatic nitrogens is 3. The molecule has 0 atom stereocenters. The van der Waals surface area contributed by atoms with Gasteiger partial charge >= 0.3 is 0 Å². The number of rotatable bonds is 2. The third-order valence-corrected chi connectivity index (χ3v) is 4.25. The van der Waals surface area contributed by atoms with Gasteiger partial charge in [-0.1, -0.05) is 11.6 Å². The van der Waals surface area contributed by atoms with E-state index in [0.29, 0.717) is 11.4 Å². The SMILES string of the molecule is Cn1nc(C(=O)Nc2cc(Cl)c(=O)n(C)c2)c2c1CCCC2. The summed E-state index contributed by atoms with van der Waals surface area (Å²) in [5.74, 6) is -0.270. The van der Waals surface area contributed by atoms with Gasteiger partial charge in [0.15, 0.2) is 5.69 Å². The normalized spacial score (nSPS) is 13.8. The van der Waals surface area contributed by atoms with Gasteiger partial charge in [0.1, 0.15) is 5.02 Å². The molecule has 6 nitrogen and oxygen atoms in total. The first-order valence-electron chi connectivity index (χ1n) is 7.19. The molecule has 1 aliphatic carbocycles. The Bertz CT molecular complexity index is 780. The Hall–Kier alpha value is -2.08. The molecule has 3 rings (SSSR count). The van der Waals surface area contributed by atoms with E-state index in [1.807, 2.05) is 7.05 Å². The Morgan fingerprint density at radius 3 is 2.77 bits per heavy atom. The molecular formula is C15H17ClN4O2. The van der Waals surface area contributed by atoms with E-state index in [0.717, 1.165) is 36.9 Å². The lowest BCUT2D eigenvalue weighted by molar-refractivity contribution is 0.102. The molecule has 7 heteroatoms. The minimum absolute atomic E-state index is 0.0725. The Morgan fingerprint density at radius 1 is 1.32 bits per heavy atom. The molecule has 2 heterocycles. The minimum atomic E-state index is -0.296. The molecule has 0 spiro atoms. The van der Waals surface area contributed by atoms with Crippen molar-refractivity contribution in [1.29, 1.82) is 0 Å². The fourth-order valence-electron chi connectivity index (χ4n) is 2.88. The van der Waals surface area contributed by atoms with Crippen LogP contribution >= 0.6 is 11.6 Å². The van der Waals surface area contributed by atoms with E-state index in [2.05, 4.69) is 10.4 Å². The monoisotopic (exact) mass is 320 g/mol. The summed E-state index contributed by atoms with van der Waals surface area (Å²) in [6, 6.07) is 1.46. The van der Waals surface area contributed by atoms with E-state index < -0.39 is 0 Å². The number of pyridine rings is 1. The number of aryl methyl sites for hydroxylation is 2. The summed E-state index contributed by atoms with van der Waals surface area (Å²) in [4.78, 5) is 24.1. The van der Waals surface area contributed by atoms with Crippen molar-refractivity contribution >= 4 is 23.2 Å². The van der Waals surface area contributed by atoms with Crippen molar-refractivity contribution in [1.82, 2.24) is 14.3 Å². The quantitative estimate of drug-likeness (QED) is 0.919. The van der Waals surface area contributed by atoms with Crippen LogP contribution in [-0.2, 0) is 26.9 Å².